The van der Waals surface area contributed by atoms with Crippen molar-refractivity contribution in [3.05, 3.63) is 24.3 Å². The summed E-state index contributed by atoms with van der Waals surface area (Å²) in [4.78, 5) is 3.47. The molecule has 0 bridgehead atoms. The number of aromatic nitrogens is 1. The standard InChI is InChI=1S/C6H7FN2O2S/c1-12(10,11)9-6-2-5(7)3-8-4-6/h2-4,9H,1H3. The van der Waals surface area contributed by atoms with Gasteiger partial charge in [-0.1, -0.05) is 0 Å². The molecule has 0 saturated heterocycles. The van der Waals surface area contributed by atoms with Gasteiger partial charge in [-0.25, -0.2) is 12.8 Å². The molecule has 66 valence electrons. The van der Waals surface area contributed by atoms with E-state index >= 15 is 0 Å². The van der Waals surface area contributed by atoms with Gasteiger partial charge in [-0.15, -0.1) is 0 Å². The minimum absolute atomic E-state index is 0.123. The Balaban J connectivity index is 2.91. The van der Waals surface area contributed by atoms with E-state index in [9.17, 15) is 12.8 Å². The van der Waals surface area contributed by atoms with E-state index in [-0.39, 0.29) is 5.69 Å². The first-order chi connectivity index (χ1) is 5.47. The Bertz CT molecular complexity index is 377. The van der Waals surface area contributed by atoms with Crippen LogP contribution in [0.15, 0.2) is 18.5 Å². The number of hydrogen-bond donors (Lipinski definition) is 1. The average Bonchev–Trinajstić information content (AvgIpc) is 1.82. The lowest BCUT2D eigenvalue weighted by Crippen LogP contribution is -2.09. The fraction of sp³-hybridized carbons (Fsp3) is 0.167. The summed E-state index contributed by atoms with van der Waals surface area (Å²) in [6, 6.07) is 1.05. The monoisotopic (exact) mass is 190 g/mol. The predicted molar refractivity (Wildman–Crippen MR) is 42.7 cm³/mol. The van der Waals surface area contributed by atoms with Crippen LogP contribution < -0.4 is 4.72 Å². The van der Waals surface area contributed by atoms with E-state index in [2.05, 4.69) is 9.71 Å². The lowest BCUT2D eigenvalue weighted by atomic mass is 10.4. The van der Waals surface area contributed by atoms with Gasteiger partial charge in [-0.05, 0) is 0 Å². The highest BCUT2D eigenvalue weighted by molar-refractivity contribution is 7.92. The van der Waals surface area contributed by atoms with Gasteiger partial charge >= 0.3 is 0 Å². The zero-order valence-electron chi connectivity index (χ0n) is 6.28. The number of hydrogen-bond acceptors (Lipinski definition) is 3. The van der Waals surface area contributed by atoms with E-state index in [1.165, 1.54) is 6.20 Å². The second-order valence-electron chi connectivity index (χ2n) is 2.27. The van der Waals surface area contributed by atoms with Crippen LogP contribution in [0.4, 0.5) is 10.1 Å². The summed E-state index contributed by atoms with van der Waals surface area (Å²) >= 11 is 0. The fourth-order valence-electron chi connectivity index (χ4n) is 0.682. The number of pyridine rings is 1. The van der Waals surface area contributed by atoms with Gasteiger partial charge in [0.2, 0.25) is 10.0 Å². The van der Waals surface area contributed by atoms with Gasteiger partial charge in [0.1, 0.15) is 5.82 Å². The molecule has 0 aliphatic carbocycles. The minimum atomic E-state index is -3.35. The number of nitrogens with zero attached hydrogens (tertiary/aromatic N) is 1. The minimum Gasteiger partial charge on any atom is -0.282 e. The Hall–Kier alpha value is -1.17. The maximum Gasteiger partial charge on any atom is 0.229 e. The van der Waals surface area contributed by atoms with Crippen molar-refractivity contribution in [3.63, 3.8) is 0 Å². The molecular weight excluding hydrogens is 183 g/mol. The molecule has 1 rings (SSSR count). The van der Waals surface area contributed by atoms with E-state index in [0.29, 0.717) is 0 Å². The second kappa shape index (κ2) is 3.06. The van der Waals surface area contributed by atoms with Crippen LogP contribution in [0, 0.1) is 5.82 Å². The van der Waals surface area contributed by atoms with Gasteiger partial charge in [0.05, 0.1) is 24.3 Å². The summed E-state index contributed by atoms with van der Waals surface area (Å²) in [5.74, 6) is -0.580. The number of halogens is 1. The molecule has 1 aromatic rings. The van der Waals surface area contributed by atoms with Crippen molar-refractivity contribution >= 4 is 15.7 Å². The molecular formula is C6H7FN2O2S. The zero-order chi connectivity index (χ0) is 9.19. The molecule has 0 unspecified atom stereocenters. The number of nitrogens with one attached hydrogen (secondary N) is 1. The molecule has 0 aliphatic heterocycles. The molecule has 12 heavy (non-hydrogen) atoms. The van der Waals surface area contributed by atoms with Crippen molar-refractivity contribution in [3.8, 4) is 0 Å². The first kappa shape index (κ1) is 8.92. The lowest BCUT2D eigenvalue weighted by Gasteiger charge is -2.01. The van der Waals surface area contributed by atoms with Crippen LogP contribution in [0.3, 0.4) is 0 Å². The molecule has 4 nitrogen and oxygen atoms in total. The van der Waals surface area contributed by atoms with Crippen molar-refractivity contribution in [2.45, 2.75) is 0 Å². The van der Waals surface area contributed by atoms with Gasteiger partial charge in [-0.3, -0.25) is 9.71 Å². The highest BCUT2D eigenvalue weighted by Gasteiger charge is 2.01. The molecule has 6 heteroatoms. The van der Waals surface area contributed by atoms with Crippen LogP contribution >= 0.6 is 0 Å². The van der Waals surface area contributed by atoms with Crippen LogP contribution in [-0.2, 0) is 10.0 Å². The topological polar surface area (TPSA) is 59.1 Å². The first-order valence-electron chi connectivity index (χ1n) is 3.06. The second-order valence-corrected chi connectivity index (χ2v) is 4.01. The van der Waals surface area contributed by atoms with Crippen LogP contribution in [0.2, 0.25) is 0 Å². The molecule has 0 spiro atoms. The van der Waals surface area contributed by atoms with Crippen LogP contribution in [0.5, 0.6) is 0 Å². The Labute approximate surface area is 69.5 Å². The molecule has 1 aromatic heterocycles. The molecule has 0 radical (unpaired) electrons. The van der Waals surface area contributed by atoms with Crippen molar-refractivity contribution in [1.82, 2.24) is 4.98 Å². The maximum absolute atomic E-state index is 12.4. The molecule has 0 aromatic carbocycles. The molecule has 0 saturated carbocycles. The average molecular weight is 190 g/mol. The summed E-state index contributed by atoms with van der Waals surface area (Å²) in [6.07, 6.45) is 3.20. The Morgan fingerprint density at radius 2 is 2.17 bits per heavy atom. The third-order valence-corrected chi connectivity index (χ3v) is 1.61. The molecule has 1 N–H and O–H groups in total. The number of rotatable bonds is 2. The van der Waals surface area contributed by atoms with Gasteiger partial charge in [-0.2, -0.15) is 0 Å². The Morgan fingerprint density at radius 1 is 1.50 bits per heavy atom. The van der Waals surface area contributed by atoms with Gasteiger partial charge in [0.15, 0.2) is 0 Å². The van der Waals surface area contributed by atoms with E-state index in [1.807, 2.05) is 0 Å². The van der Waals surface area contributed by atoms with E-state index in [0.717, 1.165) is 18.5 Å². The van der Waals surface area contributed by atoms with Gasteiger partial charge < -0.3 is 0 Å². The summed E-state index contributed by atoms with van der Waals surface area (Å²) in [5.41, 5.74) is 0.123. The predicted octanol–water partition coefficient (Wildman–Crippen LogP) is 0.592. The van der Waals surface area contributed by atoms with Crippen molar-refractivity contribution in [2.75, 3.05) is 11.0 Å². The maximum atomic E-state index is 12.4. The van der Waals surface area contributed by atoms with Crippen molar-refractivity contribution in [2.24, 2.45) is 0 Å². The SMILES string of the molecule is CS(=O)(=O)Nc1cncc(F)c1. The summed E-state index contributed by atoms with van der Waals surface area (Å²) in [5, 5.41) is 0. The Kier molecular flexibility index (Phi) is 2.27. The lowest BCUT2D eigenvalue weighted by molar-refractivity contribution is 0.606. The van der Waals surface area contributed by atoms with Crippen molar-refractivity contribution < 1.29 is 12.8 Å². The number of sulfonamides is 1. The van der Waals surface area contributed by atoms with Crippen LogP contribution in [0.25, 0.3) is 0 Å². The molecule has 0 aliphatic rings. The largest absolute Gasteiger partial charge is 0.282 e. The van der Waals surface area contributed by atoms with Crippen LogP contribution in [-0.4, -0.2) is 19.7 Å². The third kappa shape index (κ3) is 2.83. The molecule has 0 fully saturated rings. The van der Waals surface area contributed by atoms with Crippen LogP contribution in [0.1, 0.15) is 0 Å². The normalized spacial score (nSPS) is 11.2. The highest BCUT2D eigenvalue weighted by atomic mass is 32.2. The smallest absolute Gasteiger partial charge is 0.229 e. The summed E-state index contributed by atoms with van der Waals surface area (Å²) in [7, 11) is -3.35. The molecule has 0 amide bonds. The highest BCUT2D eigenvalue weighted by Crippen LogP contribution is 2.07. The van der Waals surface area contributed by atoms with E-state index in [4.69, 9.17) is 0 Å². The van der Waals surface area contributed by atoms with Gasteiger partial charge in [0.25, 0.3) is 0 Å². The molecule has 1 heterocycles. The molecule has 0 atom stereocenters. The third-order valence-electron chi connectivity index (χ3n) is 1.01. The fourth-order valence-corrected chi connectivity index (χ4v) is 1.22. The Morgan fingerprint density at radius 3 is 2.67 bits per heavy atom. The van der Waals surface area contributed by atoms with Gasteiger partial charge in [0, 0.05) is 6.07 Å². The zero-order valence-corrected chi connectivity index (χ0v) is 7.10. The van der Waals surface area contributed by atoms with Crippen molar-refractivity contribution in [1.29, 1.82) is 0 Å². The summed E-state index contributed by atoms with van der Waals surface area (Å²) in [6.45, 7) is 0. The summed E-state index contributed by atoms with van der Waals surface area (Å²) < 4.78 is 35.8. The van der Waals surface area contributed by atoms with E-state index < -0.39 is 15.8 Å². The quantitative estimate of drug-likeness (QED) is 0.742. The first-order valence-corrected chi connectivity index (χ1v) is 4.95. The number of anilines is 1. The van der Waals surface area contributed by atoms with E-state index in [1.54, 1.807) is 0 Å².